The van der Waals surface area contributed by atoms with Crippen molar-refractivity contribution in [3.05, 3.63) is 49.5 Å². The van der Waals surface area contributed by atoms with E-state index in [4.69, 9.17) is 10.5 Å². The van der Waals surface area contributed by atoms with Gasteiger partial charge >= 0.3 is 0 Å². The fourth-order valence-corrected chi connectivity index (χ4v) is 3.22. The Morgan fingerprint density at radius 1 is 1.41 bits per heavy atom. The maximum Gasteiger partial charge on any atom is 0.270 e. The molecule has 0 atom stereocenters. The smallest absolute Gasteiger partial charge is 0.270 e. The minimum Gasteiger partial charge on any atom is -0.484 e. The molecule has 2 N–H and O–H groups in total. The molecule has 0 saturated carbocycles. The van der Waals surface area contributed by atoms with Gasteiger partial charge in [0.25, 0.3) is 11.5 Å². The average molecular weight is 317 g/mol. The standard InChI is InChI=1S/C15H15N3O3S/c16-13(19)9-21-11-4-2-10(3-5-11)8-12-14(20)18-7-1-6-17-15(18)22-12/h2-5,8H,1,6-7,9H2,(H2,16,19)/b12-8+. The molecule has 0 aliphatic carbocycles. The lowest BCUT2D eigenvalue weighted by molar-refractivity contribution is -0.119. The Labute approximate surface area is 130 Å². The molecule has 0 radical (unpaired) electrons. The Morgan fingerprint density at radius 2 is 2.18 bits per heavy atom. The highest BCUT2D eigenvalue weighted by atomic mass is 32.1. The third-order valence-corrected chi connectivity index (χ3v) is 4.28. The van der Waals surface area contributed by atoms with Crippen molar-refractivity contribution < 1.29 is 9.53 Å². The van der Waals surface area contributed by atoms with Crippen LogP contribution in [0.3, 0.4) is 0 Å². The number of ether oxygens (including phenoxy) is 1. The molecule has 0 spiro atoms. The minimum atomic E-state index is -0.517. The van der Waals surface area contributed by atoms with Gasteiger partial charge in [0.05, 0.1) is 4.53 Å². The molecule has 6 nitrogen and oxygen atoms in total. The molecule has 1 amide bonds. The second kappa shape index (κ2) is 6.15. The first-order chi connectivity index (χ1) is 10.6. The van der Waals surface area contributed by atoms with E-state index in [9.17, 15) is 9.59 Å². The highest BCUT2D eigenvalue weighted by molar-refractivity contribution is 7.07. The van der Waals surface area contributed by atoms with Gasteiger partial charge in [0.15, 0.2) is 11.4 Å². The number of thiazole rings is 1. The van der Waals surface area contributed by atoms with Crippen LogP contribution < -0.4 is 25.4 Å². The van der Waals surface area contributed by atoms with E-state index in [1.165, 1.54) is 11.3 Å². The second-order valence-corrected chi connectivity index (χ2v) is 5.92. The van der Waals surface area contributed by atoms with Crippen LogP contribution in [0.4, 0.5) is 0 Å². The lowest BCUT2D eigenvalue weighted by atomic mass is 10.2. The van der Waals surface area contributed by atoms with E-state index in [0.717, 1.165) is 29.9 Å². The van der Waals surface area contributed by atoms with Crippen LogP contribution in [0.5, 0.6) is 5.75 Å². The number of hydrogen-bond acceptors (Lipinski definition) is 5. The fraction of sp³-hybridized carbons (Fsp3) is 0.267. The number of nitrogens with zero attached hydrogens (tertiary/aromatic N) is 2. The summed E-state index contributed by atoms with van der Waals surface area (Å²) in [5, 5.41) is 0. The molecule has 114 valence electrons. The van der Waals surface area contributed by atoms with Gasteiger partial charge in [-0.3, -0.25) is 19.1 Å². The number of carbonyl (C=O) groups excluding carboxylic acids is 1. The first-order valence-electron chi connectivity index (χ1n) is 6.90. The van der Waals surface area contributed by atoms with Crippen molar-refractivity contribution in [3.8, 4) is 5.75 Å². The molecule has 0 unspecified atom stereocenters. The van der Waals surface area contributed by atoms with Crippen molar-refractivity contribution in [1.29, 1.82) is 0 Å². The lowest BCUT2D eigenvalue weighted by Crippen LogP contribution is -2.33. The number of benzene rings is 1. The maximum absolute atomic E-state index is 12.3. The summed E-state index contributed by atoms with van der Waals surface area (Å²) >= 11 is 1.41. The summed E-state index contributed by atoms with van der Waals surface area (Å²) in [6.07, 6.45) is 2.75. The van der Waals surface area contributed by atoms with Crippen LogP contribution in [0.2, 0.25) is 0 Å². The van der Waals surface area contributed by atoms with E-state index >= 15 is 0 Å². The van der Waals surface area contributed by atoms with E-state index in [1.54, 1.807) is 16.7 Å². The van der Waals surface area contributed by atoms with Gasteiger partial charge in [0.2, 0.25) is 0 Å². The fourth-order valence-electron chi connectivity index (χ4n) is 2.19. The summed E-state index contributed by atoms with van der Waals surface area (Å²) in [6.45, 7) is 1.37. The molecule has 0 bridgehead atoms. The normalized spacial score (nSPS) is 14.3. The van der Waals surface area contributed by atoms with Crippen LogP contribution in [0.15, 0.2) is 34.1 Å². The van der Waals surface area contributed by atoms with E-state index in [-0.39, 0.29) is 12.2 Å². The number of hydrogen-bond donors (Lipinski definition) is 1. The third kappa shape index (κ3) is 3.09. The predicted molar refractivity (Wildman–Crippen MR) is 83.5 cm³/mol. The molecule has 1 aromatic carbocycles. The zero-order chi connectivity index (χ0) is 15.5. The number of carbonyl (C=O) groups is 1. The van der Waals surface area contributed by atoms with Gasteiger partial charge in [-0.05, 0) is 30.2 Å². The molecule has 1 aliphatic rings. The number of rotatable bonds is 4. The van der Waals surface area contributed by atoms with Gasteiger partial charge in [-0.2, -0.15) is 0 Å². The maximum atomic E-state index is 12.3. The molecule has 2 heterocycles. The molecule has 22 heavy (non-hydrogen) atoms. The van der Waals surface area contributed by atoms with Crippen molar-refractivity contribution in [2.45, 2.75) is 13.0 Å². The Kier molecular flexibility index (Phi) is 4.06. The Balaban J connectivity index is 1.88. The largest absolute Gasteiger partial charge is 0.484 e. The molecular weight excluding hydrogens is 302 g/mol. The van der Waals surface area contributed by atoms with Crippen molar-refractivity contribution in [2.75, 3.05) is 13.2 Å². The molecule has 1 aliphatic heterocycles. The first kappa shape index (κ1) is 14.5. The topological polar surface area (TPSA) is 86.7 Å². The summed E-state index contributed by atoms with van der Waals surface area (Å²) in [4.78, 5) is 28.1. The number of nitrogens with two attached hydrogens (primary N) is 1. The summed E-state index contributed by atoms with van der Waals surface area (Å²) < 4.78 is 7.60. The minimum absolute atomic E-state index is 0.0116. The summed E-state index contributed by atoms with van der Waals surface area (Å²) in [7, 11) is 0. The van der Waals surface area contributed by atoms with Gasteiger partial charge in [0.1, 0.15) is 5.75 Å². The molecular formula is C15H15N3O3S. The van der Waals surface area contributed by atoms with Crippen LogP contribution in [-0.4, -0.2) is 23.6 Å². The summed E-state index contributed by atoms with van der Waals surface area (Å²) in [5.74, 6) is 0.0460. The van der Waals surface area contributed by atoms with Crippen LogP contribution in [0, 0.1) is 0 Å². The summed E-state index contributed by atoms with van der Waals surface area (Å²) in [6, 6.07) is 7.14. The number of primary amides is 1. The van der Waals surface area contributed by atoms with Crippen molar-refractivity contribution >= 4 is 23.3 Å². The van der Waals surface area contributed by atoms with Crippen LogP contribution >= 0.6 is 11.3 Å². The molecule has 0 saturated heterocycles. The van der Waals surface area contributed by atoms with Crippen LogP contribution in [-0.2, 0) is 11.3 Å². The molecule has 1 aromatic heterocycles. The van der Waals surface area contributed by atoms with E-state index in [2.05, 4.69) is 4.99 Å². The predicted octanol–water partition coefficient (Wildman–Crippen LogP) is -0.374. The van der Waals surface area contributed by atoms with E-state index < -0.39 is 5.91 Å². The van der Waals surface area contributed by atoms with E-state index in [1.807, 2.05) is 18.2 Å². The van der Waals surface area contributed by atoms with Crippen molar-refractivity contribution in [3.63, 3.8) is 0 Å². The van der Waals surface area contributed by atoms with Crippen molar-refractivity contribution in [1.82, 2.24) is 4.57 Å². The Bertz CT molecular complexity index is 865. The highest BCUT2D eigenvalue weighted by Crippen LogP contribution is 2.12. The van der Waals surface area contributed by atoms with Crippen LogP contribution in [0.25, 0.3) is 6.08 Å². The lowest BCUT2D eigenvalue weighted by Gasteiger charge is -2.03. The zero-order valence-corrected chi connectivity index (χ0v) is 12.6. The number of fused-ring (bicyclic) bond motifs is 1. The number of amides is 1. The van der Waals surface area contributed by atoms with Gasteiger partial charge in [-0.15, -0.1) is 0 Å². The molecule has 7 heteroatoms. The summed E-state index contributed by atoms with van der Waals surface area (Å²) in [5.41, 5.74) is 5.93. The monoisotopic (exact) mass is 317 g/mol. The zero-order valence-electron chi connectivity index (χ0n) is 11.8. The van der Waals surface area contributed by atoms with Crippen molar-refractivity contribution in [2.24, 2.45) is 10.7 Å². The quantitative estimate of drug-likeness (QED) is 0.834. The van der Waals surface area contributed by atoms with Gasteiger partial charge in [-0.25, -0.2) is 0 Å². The molecule has 0 fully saturated rings. The average Bonchev–Trinajstić information content (AvgIpc) is 2.83. The SMILES string of the molecule is NC(=O)COc1ccc(/C=c2/sc3n(c2=O)CCCN=3)cc1. The molecule has 2 aromatic rings. The van der Waals surface area contributed by atoms with Gasteiger partial charge < -0.3 is 10.5 Å². The van der Waals surface area contributed by atoms with Gasteiger partial charge in [-0.1, -0.05) is 23.5 Å². The Hall–Kier alpha value is -2.41. The molecule has 3 rings (SSSR count). The van der Waals surface area contributed by atoms with E-state index in [0.29, 0.717) is 10.3 Å². The number of aromatic nitrogens is 1. The third-order valence-electron chi connectivity index (χ3n) is 3.23. The van der Waals surface area contributed by atoms with Gasteiger partial charge in [0, 0.05) is 13.1 Å². The highest BCUT2D eigenvalue weighted by Gasteiger charge is 2.08. The Morgan fingerprint density at radius 3 is 2.86 bits per heavy atom. The van der Waals surface area contributed by atoms with Crippen LogP contribution in [0.1, 0.15) is 12.0 Å². The first-order valence-corrected chi connectivity index (χ1v) is 7.72. The second-order valence-electron chi connectivity index (χ2n) is 4.91.